The first-order chi connectivity index (χ1) is 11.0. The van der Waals surface area contributed by atoms with Crippen LogP contribution in [-0.4, -0.2) is 29.2 Å². The van der Waals surface area contributed by atoms with Crippen molar-refractivity contribution in [3.8, 4) is 0 Å². The molecule has 1 aliphatic rings. The van der Waals surface area contributed by atoms with E-state index in [2.05, 4.69) is 0 Å². The molecule has 0 amide bonds. The Labute approximate surface area is 154 Å². The zero-order valence-corrected chi connectivity index (χ0v) is 16.7. The minimum Gasteiger partial charge on any atom is -0.400 e. The molecule has 0 saturated carbocycles. The second-order valence-electron chi connectivity index (χ2n) is 7.07. The van der Waals surface area contributed by atoms with E-state index in [1.165, 1.54) is 11.8 Å². The van der Waals surface area contributed by atoms with Gasteiger partial charge in [-0.05, 0) is 51.2 Å². The molecule has 1 saturated heterocycles. The van der Waals surface area contributed by atoms with Crippen LogP contribution in [0.2, 0.25) is 5.02 Å². The van der Waals surface area contributed by atoms with E-state index in [0.29, 0.717) is 10.8 Å². The van der Waals surface area contributed by atoms with Crippen molar-refractivity contribution in [1.82, 2.24) is 0 Å². The molecule has 0 atom stereocenters. The van der Waals surface area contributed by atoms with Gasteiger partial charge in [0.15, 0.2) is 5.12 Å². The summed E-state index contributed by atoms with van der Waals surface area (Å²) in [5.74, 6) is 0.510. The zero-order chi connectivity index (χ0) is 18.1. The van der Waals surface area contributed by atoms with Crippen molar-refractivity contribution in [2.75, 3.05) is 5.75 Å². The second-order valence-corrected chi connectivity index (χ2v) is 8.60. The lowest BCUT2D eigenvalue weighted by atomic mass is 9.78. The van der Waals surface area contributed by atoms with E-state index < -0.39 is 18.3 Å². The fourth-order valence-corrected chi connectivity index (χ4v) is 3.11. The average Bonchev–Trinajstić information content (AvgIpc) is 2.67. The average molecular weight is 367 g/mol. The Bertz CT molecular complexity index is 654. The highest BCUT2D eigenvalue weighted by molar-refractivity contribution is 8.13. The molecule has 0 radical (unpaired) electrons. The fourth-order valence-electron chi connectivity index (χ4n) is 2.34. The molecular formula is C18H24BClO3S. The number of carbonyl (C=O) groups excluding carboxylic acids is 1. The molecule has 130 valence electrons. The Hall–Kier alpha value is -0.745. The van der Waals surface area contributed by atoms with Gasteiger partial charge in [0.2, 0.25) is 0 Å². The van der Waals surface area contributed by atoms with E-state index in [-0.39, 0.29) is 5.12 Å². The van der Waals surface area contributed by atoms with Crippen LogP contribution in [0.3, 0.4) is 0 Å². The van der Waals surface area contributed by atoms with Crippen LogP contribution < -0.4 is 0 Å². The Balaban J connectivity index is 2.37. The van der Waals surface area contributed by atoms with E-state index >= 15 is 0 Å². The minimum atomic E-state index is -0.488. The molecule has 1 aromatic rings. The topological polar surface area (TPSA) is 35.5 Å². The highest BCUT2D eigenvalue weighted by Gasteiger charge is 2.52. The quantitative estimate of drug-likeness (QED) is 0.707. The normalized spacial score (nSPS) is 19.6. The molecule has 0 bridgehead atoms. The number of hydrogen-bond acceptors (Lipinski definition) is 4. The molecule has 3 nitrogen and oxygen atoms in total. The number of halogens is 1. The molecule has 1 aromatic carbocycles. The summed E-state index contributed by atoms with van der Waals surface area (Å²) < 4.78 is 12.3. The van der Waals surface area contributed by atoms with Crippen molar-refractivity contribution in [2.24, 2.45) is 0 Å². The fraction of sp³-hybridized carbons (Fsp3) is 0.500. The molecule has 0 spiro atoms. The van der Waals surface area contributed by atoms with Crippen molar-refractivity contribution in [3.63, 3.8) is 0 Å². The van der Waals surface area contributed by atoms with Gasteiger partial charge in [0.1, 0.15) is 0 Å². The monoisotopic (exact) mass is 366 g/mol. The Morgan fingerprint density at radius 1 is 1.25 bits per heavy atom. The smallest absolute Gasteiger partial charge is 0.400 e. The Kier molecular flexibility index (Phi) is 5.91. The first-order valence-electron chi connectivity index (χ1n) is 7.98. The number of thioether (sulfide) groups is 1. The summed E-state index contributed by atoms with van der Waals surface area (Å²) in [4.78, 5) is 11.4. The molecule has 2 rings (SSSR count). The van der Waals surface area contributed by atoms with Gasteiger partial charge in [-0.2, -0.15) is 0 Å². The third-order valence-electron chi connectivity index (χ3n) is 4.56. The van der Waals surface area contributed by atoms with E-state index in [1.807, 2.05) is 58.9 Å². The third kappa shape index (κ3) is 4.26. The van der Waals surface area contributed by atoms with Gasteiger partial charge in [0.05, 0.1) is 16.2 Å². The van der Waals surface area contributed by atoms with E-state index in [4.69, 9.17) is 20.9 Å². The number of hydrogen-bond donors (Lipinski definition) is 0. The van der Waals surface area contributed by atoms with Gasteiger partial charge in [-0.1, -0.05) is 47.6 Å². The van der Waals surface area contributed by atoms with Gasteiger partial charge in [0, 0.05) is 12.7 Å². The van der Waals surface area contributed by atoms with E-state index in [9.17, 15) is 4.79 Å². The zero-order valence-electron chi connectivity index (χ0n) is 15.1. The molecule has 1 aliphatic heterocycles. The molecule has 1 heterocycles. The summed E-state index contributed by atoms with van der Waals surface area (Å²) >= 11 is 7.66. The third-order valence-corrected chi connectivity index (χ3v) is 5.96. The summed E-state index contributed by atoms with van der Waals surface area (Å²) in [6.45, 7) is 11.6. The van der Waals surface area contributed by atoms with E-state index in [1.54, 1.807) is 6.92 Å². The van der Waals surface area contributed by atoms with Crippen LogP contribution in [0.1, 0.15) is 45.7 Å². The van der Waals surface area contributed by atoms with Crippen LogP contribution in [0.25, 0.3) is 6.08 Å². The number of rotatable bonds is 4. The maximum absolute atomic E-state index is 11.4. The van der Waals surface area contributed by atoms with Crippen molar-refractivity contribution in [1.29, 1.82) is 0 Å². The van der Waals surface area contributed by atoms with Gasteiger partial charge >= 0.3 is 7.12 Å². The van der Waals surface area contributed by atoms with Gasteiger partial charge < -0.3 is 9.31 Å². The van der Waals surface area contributed by atoms with Crippen molar-refractivity contribution in [3.05, 3.63) is 39.8 Å². The lowest BCUT2D eigenvalue weighted by Crippen LogP contribution is -2.41. The summed E-state index contributed by atoms with van der Waals surface area (Å²) in [5, 5.41) is 0.770. The van der Waals surface area contributed by atoms with Gasteiger partial charge in [0.25, 0.3) is 0 Å². The predicted molar refractivity (Wildman–Crippen MR) is 103 cm³/mol. The Morgan fingerprint density at radius 3 is 2.38 bits per heavy atom. The highest BCUT2D eigenvalue weighted by Crippen LogP contribution is 2.39. The molecule has 6 heteroatoms. The van der Waals surface area contributed by atoms with Crippen LogP contribution in [-0.2, 0) is 14.1 Å². The minimum absolute atomic E-state index is 0.0627. The van der Waals surface area contributed by atoms with Crippen LogP contribution in [0.5, 0.6) is 0 Å². The second kappa shape index (κ2) is 7.24. The molecule has 24 heavy (non-hydrogen) atoms. The van der Waals surface area contributed by atoms with Crippen molar-refractivity contribution < 1.29 is 14.1 Å². The standard InChI is InChI=1S/C18H24BClO3S/c1-12-8-7-9-14(16(12)20)10-15(11-24-13(2)21)19-22-17(3,4)18(5,6)23-19/h7-10H,11H2,1-6H3. The first kappa shape index (κ1) is 19.6. The lowest BCUT2D eigenvalue weighted by Gasteiger charge is -2.32. The molecule has 1 fully saturated rings. The van der Waals surface area contributed by atoms with Crippen LogP contribution in [0, 0.1) is 6.92 Å². The summed E-state index contributed by atoms with van der Waals surface area (Å²) in [5.41, 5.74) is 1.98. The maximum atomic E-state index is 11.4. The number of benzene rings is 1. The highest BCUT2D eigenvalue weighted by atomic mass is 35.5. The van der Waals surface area contributed by atoms with Crippen LogP contribution in [0.4, 0.5) is 0 Å². The molecule has 0 unspecified atom stereocenters. The SMILES string of the molecule is CC(=O)SCC(=Cc1cccc(C)c1Cl)B1OC(C)(C)C(C)(C)O1. The summed E-state index contributed by atoms with van der Waals surface area (Å²) in [7, 11) is -0.488. The number of aryl methyl sites for hydroxylation is 1. The van der Waals surface area contributed by atoms with Crippen LogP contribution in [0.15, 0.2) is 23.7 Å². The molecular weight excluding hydrogens is 343 g/mol. The molecule has 0 aromatic heterocycles. The van der Waals surface area contributed by atoms with Crippen LogP contribution >= 0.6 is 23.4 Å². The predicted octanol–water partition coefficient (Wildman–Crippen LogP) is 4.94. The largest absolute Gasteiger partial charge is 0.491 e. The first-order valence-corrected chi connectivity index (χ1v) is 9.34. The van der Waals surface area contributed by atoms with Gasteiger partial charge in [-0.3, -0.25) is 4.79 Å². The number of carbonyl (C=O) groups is 1. The van der Waals surface area contributed by atoms with Crippen molar-refractivity contribution in [2.45, 2.75) is 52.7 Å². The Morgan fingerprint density at radius 2 is 1.83 bits per heavy atom. The summed E-state index contributed by atoms with van der Waals surface area (Å²) in [6.07, 6.45) is 1.98. The van der Waals surface area contributed by atoms with Crippen molar-refractivity contribution >= 4 is 41.7 Å². The molecule has 0 N–H and O–H groups in total. The molecule has 0 aliphatic carbocycles. The van der Waals surface area contributed by atoms with Gasteiger partial charge in [-0.15, -0.1) is 0 Å². The van der Waals surface area contributed by atoms with E-state index in [0.717, 1.165) is 16.6 Å². The maximum Gasteiger partial charge on any atom is 0.491 e. The lowest BCUT2D eigenvalue weighted by molar-refractivity contribution is -0.109. The van der Waals surface area contributed by atoms with Gasteiger partial charge in [-0.25, -0.2) is 0 Å². The summed E-state index contributed by atoms with van der Waals surface area (Å²) in [6, 6.07) is 5.89.